The van der Waals surface area contributed by atoms with Crippen molar-refractivity contribution >= 4 is 21.8 Å². The number of sulfonamides is 1. The van der Waals surface area contributed by atoms with E-state index in [9.17, 15) is 8.42 Å². The van der Waals surface area contributed by atoms with Gasteiger partial charge in [0.1, 0.15) is 5.82 Å². The molecule has 8 heteroatoms. The maximum absolute atomic E-state index is 11.3. The second-order valence-corrected chi connectivity index (χ2v) is 7.78. The Hall–Kier alpha value is -2.19. The van der Waals surface area contributed by atoms with Crippen LogP contribution in [0, 0.1) is 6.92 Å². The SMILES string of the molecule is CCCCCNc1nc(C)cc(NCCc2ccc(S(N)(=O)=O)cc2)n1. The van der Waals surface area contributed by atoms with Gasteiger partial charge >= 0.3 is 0 Å². The molecule has 142 valence electrons. The van der Waals surface area contributed by atoms with E-state index in [-0.39, 0.29) is 4.90 Å². The third-order valence-electron chi connectivity index (χ3n) is 3.89. The minimum atomic E-state index is -3.64. The molecule has 0 fully saturated rings. The third kappa shape index (κ3) is 6.61. The fraction of sp³-hybridized carbons (Fsp3) is 0.444. The first kappa shape index (κ1) is 20.1. The van der Waals surface area contributed by atoms with E-state index < -0.39 is 10.0 Å². The van der Waals surface area contributed by atoms with Crippen LogP contribution in [0.3, 0.4) is 0 Å². The van der Waals surface area contributed by atoms with Gasteiger partial charge in [-0.05, 0) is 37.5 Å². The van der Waals surface area contributed by atoms with Crippen LogP contribution >= 0.6 is 0 Å². The topological polar surface area (TPSA) is 110 Å². The van der Waals surface area contributed by atoms with Crippen molar-refractivity contribution in [1.82, 2.24) is 9.97 Å². The molecule has 1 heterocycles. The number of nitrogens with zero attached hydrogens (tertiary/aromatic N) is 2. The standard InChI is InChI=1S/C18H27N5O2S/c1-3-4-5-11-21-18-22-14(2)13-17(23-18)20-12-10-15-6-8-16(9-7-15)26(19,24)25/h6-9,13H,3-5,10-12H2,1-2H3,(H2,19,24,25)(H2,20,21,22,23). The van der Waals surface area contributed by atoms with Crippen LogP contribution in [0.25, 0.3) is 0 Å². The van der Waals surface area contributed by atoms with Crippen LogP contribution in [0.15, 0.2) is 35.2 Å². The zero-order valence-electron chi connectivity index (χ0n) is 15.3. The minimum absolute atomic E-state index is 0.124. The Morgan fingerprint density at radius 2 is 1.77 bits per heavy atom. The van der Waals surface area contributed by atoms with Gasteiger partial charge in [0.05, 0.1) is 4.90 Å². The molecule has 0 bridgehead atoms. The van der Waals surface area contributed by atoms with Crippen LogP contribution < -0.4 is 15.8 Å². The van der Waals surface area contributed by atoms with Gasteiger partial charge in [-0.2, -0.15) is 4.98 Å². The molecule has 0 amide bonds. The summed E-state index contributed by atoms with van der Waals surface area (Å²) in [5.74, 6) is 1.41. The van der Waals surface area contributed by atoms with Gasteiger partial charge in [0, 0.05) is 24.8 Å². The summed E-state index contributed by atoms with van der Waals surface area (Å²) < 4.78 is 22.5. The van der Waals surface area contributed by atoms with Crippen molar-refractivity contribution < 1.29 is 8.42 Å². The van der Waals surface area contributed by atoms with E-state index in [4.69, 9.17) is 5.14 Å². The second-order valence-electron chi connectivity index (χ2n) is 6.22. The Balaban J connectivity index is 1.87. The number of hydrogen-bond donors (Lipinski definition) is 3. The number of aryl methyl sites for hydroxylation is 1. The van der Waals surface area contributed by atoms with Gasteiger partial charge in [-0.1, -0.05) is 31.9 Å². The van der Waals surface area contributed by atoms with Gasteiger partial charge < -0.3 is 10.6 Å². The first-order chi connectivity index (χ1) is 12.4. The summed E-state index contributed by atoms with van der Waals surface area (Å²) >= 11 is 0. The van der Waals surface area contributed by atoms with Crippen molar-refractivity contribution in [3.8, 4) is 0 Å². The number of anilines is 2. The van der Waals surface area contributed by atoms with Crippen molar-refractivity contribution in [2.24, 2.45) is 5.14 Å². The number of nitrogens with one attached hydrogen (secondary N) is 2. The number of primary sulfonamides is 1. The van der Waals surface area contributed by atoms with E-state index in [0.29, 0.717) is 12.5 Å². The molecule has 26 heavy (non-hydrogen) atoms. The van der Waals surface area contributed by atoms with Gasteiger partial charge in [0.25, 0.3) is 0 Å². The molecule has 0 atom stereocenters. The van der Waals surface area contributed by atoms with Gasteiger partial charge in [-0.15, -0.1) is 0 Å². The summed E-state index contributed by atoms with van der Waals surface area (Å²) in [6, 6.07) is 8.50. The quantitative estimate of drug-likeness (QED) is 0.549. The average molecular weight is 378 g/mol. The molecule has 2 rings (SSSR count). The molecule has 4 N–H and O–H groups in total. The Kier molecular flexibility index (Phi) is 7.35. The lowest BCUT2D eigenvalue weighted by atomic mass is 10.1. The molecule has 0 aliphatic rings. The molecule has 1 aromatic heterocycles. The normalized spacial score (nSPS) is 11.3. The molecule has 0 spiro atoms. The number of rotatable bonds is 10. The monoisotopic (exact) mass is 377 g/mol. The van der Waals surface area contributed by atoms with Crippen LogP contribution in [0.5, 0.6) is 0 Å². The fourth-order valence-electron chi connectivity index (χ4n) is 2.49. The van der Waals surface area contributed by atoms with Gasteiger partial charge in [-0.3, -0.25) is 0 Å². The van der Waals surface area contributed by atoms with Crippen molar-refractivity contribution in [1.29, 1.82) is 0 Å². The van der Waals surface area contributed by atoms with Crippen molar-refractivity contribution in [2.45, 2.75) is 44.4 Å². The van der Waals surface area contributed by atoms with E-state index in [1.54, 1.807) is 12.1 Å². The number of unbranched alkanes of at least 4 members (excludes halogenated alkanes) is 2. The van der Waals surface area contributed by atoms with Gasteiger partial charge in [0.15, 0.2) is 0 Å². The average Bonchev–Trinajstić information content (AvgIpc) is 2.58. The van der Waals surface area contributed by atoms with Crippen LogP contribution in [0.4, 0.5) is 11.8 Å². The Labute approximate surface area is 155 Å². The van der Waals surface area contributed by atoms with Crippen molar-refractivity contribution in [3.63, 3.8) is 0 Å². The highest BCUT2D eigenvalue weighted by atomic mass is 32.2. The fourth-order valence-corrected chi connectivity index (χ4v) is 3.01. The highest BCUT2D eigenvalue weighted by Crippen LogP contribution is 2.12. The number of hydrogen-bond acceptors (Lipinski definition) is 6. The van der Waals surface area contributed by atoms with E-state index in [2.05, 4.69) is 27.5 Å². The highest BCUT2D eigenvalue weighted by molar-refractivity contribution is 7.89. The molecule has 0 aliphatic heterocycles. The summed E-state index contributed by atoms with van der Waals surface area (Å²) in [5, 5.41) is 11.6. The number of nitrogens with two attached hydrogens (primary N) is 1. The van der Waals surface area contributed by atoms with Crippen LogP contribution in [0.2, 0.25) is 0 Å². The summed E-state index contributed by atoms with van der Waals surface area (Å²) in [6.45, 7) is 5.66. The zero-order valence-corrected chi connectivity index (χ0v) is 16.1. The lowest BCUT2D eigenvalue weighted by Gasteiger charge is -2.10. The van der Waals surface area contributed by atoms with E-state index in [0.717, 1.165) is 36.5 Å². The first-order valence-electron chi connectivity index (χ1n) is 8.83. The molecule has 0 aliphatic carbocycles. The molecule has 0 unspecified atom stereocenters. The number of benzene rings is 1. The Morgan fingerprint density at radius 1 is 1.04 bits per heavy atom. The summed E-state index contributed by atoms with van der Waals surface area (Å²) in [4.78, 5) is 9.00. The molecular weight excluding hydrogens is 350 g/mol. The predicted octanol–water partition coefficient (Wildman–Crippen LogP) is 2.69. The maximum Gasteiger partial charge on any atom is 0.238 e. The minimum Gasteiger partial charge on any atom is -0.370 e. The van der Waals surface area contributed by atoms with Crippen molar-refractivity contribution in [3.05, 3.63) is 41.6 Å². The van der Waals surface area contributed by atoms with Gasteiger partial charge in [0.2, 0.25) is 16.0 Å². The predicted molar refractivity (Wildman–Crippen MR) is 105 cm³/mol. The molecule has 2 aromatic rings. The van der Waals surface area contributed by atoms with E-state index in [1.807, 2.05) is 13.0 Å². The summed E-state index contributed by atoms with van der Waals surface area (Å²) in [6.07, 6.45) is 4.22. The summed E-state index contributed by atoms with van der Waals surface area (Å²) in [7, 11) is -3.64. The Bertz CT molecular complexity index is 807. The lowest BCUT2D eigenvalue weighted by molar-refractivity contribution is 0.598. The first-order valence-corrected chi connectivity index (χ1v) is 10.4. The molecule has 7 nitrogen and oxygen atoms in total. The molecule has 0 radical (unpaired) electrons. The summed E-state index contributed by atoms with van der Waals surface area (Å²) in [5.41, 5.74) is 1.92. The highest BCUT2D eigenvalue weighted by Gasteiger charge is 2.07. The zero-order chi connectivity index (χ0) is 19.0. The van der Waals surface area contributed by atoms with Gasteiger partial charge in [-0.25, -0.2) is 18.5 Å². The van der Waals surface area contributed by atoms with Crippen LogP contribution in [0.1, 0.15) is 37.4 Å². The third-order valence-corrected chi connectivity index (χ3v) is 4.82. The Morgan fingerprint density at radius 3 is 2.42 bits per heavy atom. The molecular formula is C18H27N5O2S. The van der Waals surface area contributed by atoms with Crippen LogP contribution in [-0.4, -0.2) is 31.5 Å². The maximum atomic E-state index is 11.3. The van der Waals surface area contributed by atoms with Crippen LogP contribution in [-0.2, 0) is 16.4 Å². The van der Waals surface area contributed by atoms with Crippen molar-refractivity contribution in [2.75, 3.05) is 23.7 Å². The van der Waals surface area contributed by atoms with E-state index in [1.165, 1.54) is 25.0 Å². The second kappa shape index (κ2) is 9.49. The smallest absolute Gasteiger partial charge is 0.238 e. The van der Waals surface area contributed by atoms with E-state index >= 15 is 0 Å². The molecule has 1 aromatic carbocycles. The number of aromatic nitrogens is 2. The molecule has 0 saturated heterocycles. The lowest BCUT2D eigenvalue weighted by Crippen LogP contribution is -2.12. The largest absolute Gasteiger partial charge is 0.370 e. The molecule has 0 saturated carbocycles.